The second kappa shape index (κ2) is 4.74. The summed E-state index contributed by atoms with van der Waals surface area (Å²) in [4.78, 5) is 14.7. The van der Waals surface area contributed by atoms with E-state index in [0.717, 1.165) is 13.0 Å². The van der Waals surface area contributed by atoms with Gasteiger partial charge >= 0.3 is 0 Å². The largest absolute Gasteiger partial charge is 0.399 e. The molecule has 0 aliphatic carbocycles. The van der Waals surface area contributed by atoms with Gasteiger partial charge in [-0.3, -0.25) is 9.69 Å². The quantitative estimate of drug-likeness (QED) is 0.687. The monoisotopic (exact) mass is 260 g/mol. The van der Waals surface area contributed by atoms with Gasteiger partial charge in [-0.1, -0.05) is 0 Å². The van der Waals surface area contributed by atoms with Crippen LogP contribution in [0.4, 0.5) is 11.4 Å². The molecular weight excluding hydrogens is 240 g/mol. The van der Waals surface area contributed by atoms with Gasteiger partial charge in [-0.2, -0.15) is 0 Å². The number of rotatable bonds is 2. The van der Waals surface area contributed by atoms with Gasteiger partial charge in [-0.05, 0) is 44.0 Å². The van der Waals surface area contributed by atoms with E-state index in [2.05, 4.69) is 10.2 Å². The van der Waals surface area contributed by atoms with Crippen molar-refractivity contribution in [2.75, 3.05) is 24.6 Å². The smallest absolute Gasteiger partial charge is 0.251 e. The lowest BCUT2D eigenvalue weighted by Gasteiger charge is -2.21. The predicted octanol–water partition coefficient (Wildman–Crippen LogP) is 0.818. The van der Waals surface area contributed by atoms with Crippen molar-refractivity contribution < 1.29 is 4.79 Å². The van der Waals surface area contributed by atoms with Crippen molar-refractivity contribution >= 4 is 17.3 Å². The molecule has 0 radical (unpaired) electrons. The summed E-state index contributed by atoms with van der Waals surface area (Å²) in [6.45, 7) is 2.26. The lowest BCUT2D eigenvalue weighted by atomic mass is 10.1. The van der Waals surface area contributed by atoms with Crippen LogP contribution in [0.2, 0.25) is 0 Å². The van der Waals surface area contributed by atoms with Gasteiger partial charge in [0.1, 0.15) is 0 Å². The second-order valence-electron chi connectivity index (χ2n) is 5.50. The predicted molar refractivity (Wildman–Crippen MR) is 75.7 cm³/mol. The molecule has 1 amide bonds. The zero-order valence-electron chi connectivity index (χ0n) is 10.9. The summed E-state index contributed by atoms with van der Waals surface area (Å²) >= 11 is 0. The zero-order chi connectivity index (χ0) is 13.4. The maximum absolute atomic E-state index is 12.3. The number of amides is 1. The topological polar surface area (TPSA) is 84.4 Å². The van der Waals surface area contributed by atoms with Gasteiger partial charge < -0.3 is 16.8 Å². The Morgan fingerprint density at radius 1 is 1.16 bits per heavy atom. The van der Waals surface area contributed by atoms with Gasteiger partial charge in [-0.15, -0.1) is 0 Å². The fourth-order valence-electron chi connectivity index (χ4n) is 3.31. The SMILES string of the molecule is Nc1cc(N)cc(C(=O)NC2CCN3CCCC23)c1. The minimum atomic E-state index is -0.0715. The lowest BCUT2D eigenvalue weighted by Crippen LogP contribution is -2.42. The number of hydrogen-bond acceptors (Lipinski definition) is 4. The number of benzene rings is 1. The van der Waals surface area contributed by atoms with Gasteiger partial charge in [0.15, 0.2) is 0 Å². The first kappa shape index (κ1) is 12.3. The van der Waals surface area contributed by atoms with Crippen LogP contribution in [0, 0.1) is 0 Å². The summed E-state index contributed by atoms with van der Waals surface area (Å²) < 4.78 is 0. The van der Waals surface area contributed by atoms with Crippen LogP contribution in [-0.2, 0) is 0 Å². The van der Waals surface area contributed by atoms with E-state index in [1.54, 1.807) is 18.2 Å². The molecule has 0 bridgehead atoms. The zero-order valence-corrected chi connectivity index (χ0v) is 10.9. The fraction of sp³-hybridized carbons (Fsp3) is 0.500. The highest BCUT2D eigenvalue weighted by Gasteiger charge is 2.37. The van der Waals surface area contributed by atoms with Crippen molar-refractivity contribution in [2.45, 2.75) is 31.3 Å². The number of anilines is 2. The standard InChI is InChI=1S/C14H20N4O/c15-10-6-9(7-11(16)8-10)14(19)17-12-3-5-18-4-1-2-13(12)18/h6-8,12-13H,1-5,15-16H2,(H,17,19). The van der Waals surface area contributed by atoms with Gasteiger partial charge in [0.2, 0.25) is 0 Å². The Kier molecular flexibility index (Phi) is 3.06. The molecular formula is C14H20N4O. The van der Waals surface area contributed by atoms with E-state index in [-0.39, 0.29) is 11.9 Å². The van der Waals surface area contributed by atoms with Crippen molar-refractivity contribution in [2.24, 2.45) is 0 Å². The number of nitrogens with two attached hydrogens (primary N) is 2. The summed E-state index contributed by atoms with van der Waals surface area (Å²) in [6, 6.07) is 5.78. The molecule has 2 unspecified atom stereocenters. The summed E-state index contributed by atoms with van der Waals surface area (Å²) in [7, 11) is 0. The van der Waals surface area contributed by atoms with Crippen LogP contribution in [0.15, 0.2) is 18.2 Å². The van der Waals surface area contributed by atoms with Crippen molar-refractivity contribution in [3.05, 3.63) is 23.8 Å². The van der Waals surface area contributed by atoms with Gasteiger partial charge in [0.25, 0.3) is 5.91 Å². The molecule has 2 aliphatic heterocycles. The number of nitrogen functional groups attached to an aromatic ring is 2. The molecule has 2 heterocycles. The number of carbonyl (C=O) groups excluding carboxylic acids is 1. The van der Waals surface area contributed by atoms with Crippen molar-refractivity contribution in [3.8, 4) is 0 Å². The Balaban J connectivity index is 1.71. The Labute approximate surface area is 112 Å². The van der Waals surface area contributed by atoms with Crippen LogP contribution in [-0.4, -0.2) is 36.0 Å². The van der Waals surface area contributed by atoms with Gasteiger partial charge in [0, 0.05) is 35.6 Å². The van der Waals surface area contributed by atoms with E-state index in [1.165, 1.54) is 19.4 Å². The highest BCUT2D eigenvalue weighted by atomic mass is 16.1. The summed E-state index contributed by atoms with van der Waals surface area (Å²) in [5.74, 6) is -0.0715. The average molecular weight is 260 g/mol. The van der Waals surface area contributed by atoms with Crippen LogP contribution in [0.25, 0.3) is 0 Å². The van der Waals surface area contributed by atoms with Crippen molar-refractivity contribution in [1.29, 1.82) is 0 Å². The molecule has 0 spiro atoms. The number of fused-ring (bicyclic) bond motifs is 1. The summed E-state index contributed by atoms with van der Waals surface area (Å²) in [5.41, 5.74) is 13.0. The molecule has 19 heavy (non-hydrogen) atoms. The fourth-order valence-corrected chi connectivity index (χ4v) is 3.31. The summed E-state index contributed by atoms with van der Waals surface area (Å²) in [5, 5.41) is 3.13. The van der Waals surface area contributed by atoms with E-state index < -0.39 is 0 Å². The number of nitrogens with one attached hydrogen (secondary N) is 1. The Bertz CT molecular complexity index is 482. The molecule has 2 fully saturated rings. The van der Waals surface area contributed by atoms with E-state index in [1.807, 2.05) is 0 Å². The third kappa shape index (κ3) is 2.38. The first-order valence-corrected chi connectivity index (χ1v) is 6.84. The van der Waals surface area contributed by atoms with E-state index in [4.69, 9.17) is 11.5 Å². The second-order valence-corrected chi connectivity index (χ2v) is 5.50. The Morgan fingerprint density at radius 3 is 2.63 bits per heavy atom. The number of nitrogens with zero attached hydrogens (tertiary/aromatic N) is 1. The minimum absolute atomic E-state index is 0.0715. The first-order valence-electron chi connectivity index (χ1n) is 6.84. The molecule has 0 aromatic heterocycles. The molecule has 5 N–H and O–H groups in total. The van der Waals surface area contributed by atoms with Crippen LogP contribution < -0.4 is 16.8 Å². The van der Waals surface area contributed by atoms with Crippen molar-refractivity contribution in [3.63, 3.8) is 0 Å². The van der Waals surface area contributed by atoms with Crippen LogP contribution in [0.3, 0.4) is 0 Å². The molecule has 2 atom stereocenters. The van der Waals surface area contributed by atoms with Crippen LogP contribution in [0.1, 0.15) is 29.6 Å². The van der Waals surface area contributed by atoms with Gasteiger partial charge in [0.05, 0.1) is 0 Å². The average Bonchev–Trinajstić information content (AvgIpc) is 2.92. The molecule has 1 aromatic carbocycles. The normalized spacial score (nSPS) is 26.3. The Hall–Kier alpha value is -1.75. The maximum Gasteiger partial charge on any atom is 0.251 e. The van der Waals surface area contributed by atoms with E-state index in [0.29, 0.717) is 23.0 Å². The third-order valence-corrected chi connectivity index (χ3v) is 4.16. The highest BCUT2D eigenvalue weighted by Crippen LogP contribution is 2.28. The minimum Gasteiger partial charge on any atom is -0.399 e. The molecule has 5 heteroatoms. The molecule has 1 aromatic rings. The van der Waals surface area contributed by atoms with E-state index in [9.17, 15) is 4.79 Å². The third-order valence-electron chi connectivity index (χ3n) is 4.16. The van der Waals surface area contributed by atoms with E-state index >= 15 is 0 Å². The Morgan fingerprint density at radius 2 is 1.89 bits per heavy atom. The van der Waals surface area contributed by atoms with Crippen LogP contribution in [0.5, 0.6) is 0 Å². The van der Waals surface area contributed by atoms with Gasteiger partial charge in [-0.25, -0.2) is 0 Å². The van der Waals surface area contributed by atoms with Crippen LogP contribution >= 0.6 is 0 Å². The molecule has 5 nitrogen and oxygen atoms in total. The highest BCUT2D eigenvalue weighted by molar-refractivity contribution is 5.96. The molecule has 2 saturated heterocycles. The molecule has 0 saturated carbocycles. The molecule has 102 valence electrons. The number of hydrogen-bond donors (Lipinski definition) is 3. The summed E-state index contributed by atoms with van der Waals surface area (Å²) in [6.07, 6.45) is 3.46. The number of carbonyl (C=O) groups is 1. The van der Waals surface area contributed by atoms with Crippen molar-refractivity contribution in [1.82, 2.24) is 10.2 Å². The maximum atomic E-state index is 12.3. The first-order chi connectivity index (χ1) is 9.13. The molecule has 2 aliphatic rings. The molecule has 3 rings (SSSR count). The lowest BCUT2D eigenvalue weighted by molar-refractivity contribution is 0.0929.